The molecule has 1 saturated heterocycles. The lowest BCUT2D eigenvalue weighted by atomic mass is 10.1. The number of likely N-dealkylation sites (tertiary alicyclic amines) is 1. The average Bonchev–Trinajstić information content (AvgIpc) is 2.78. The monoisotopic (exact) mass is 253 g/mol. The van der Waals surface area contributed by atoms with Gasteiger partial charge in [0.2, 0.25) is 0 Å². The van der Waals surface area contributed by atoms with Crippen LogP contribution in [0.4, 0.5) is 4.39 Å². The topological polar surface area (TPSA) is 60.8 Å². The Morgan fingerprint density at radius 2 is 2.11 bits per heavy atom. The molecule has 98 valence electrons. The van der Waals surface area contributed by atoms with Crippen molar-refractivity contribution < 1.29 is 19.4 Å². The quantitative estimate of drug-likeness (QED) is 0.851. The van der Waals surface area contributed by atoms with Gasteiger partial charge >= 0.3 is 5.97 Å². The number of carbonyl (C=O) groups is 1. The second kappa shape index (κ2) is 5.46. The molecule has 4 nitrogen and oxygen atoms in total. The molecule has 0 spiro atoms. The number of carboxylic acids is 1. The minimum absolute atomic E-state index is 0.266. The van der Waals surface area contributed by atoms with Gasteiger partial charge in [0.05, 0.1) is 6.10 Å². The van der Waals surface area contributed by atoms with E-state index in [1.165, 1.54) is 24.3 Å². The maximum Gasteiger partial charge on any atom is 0.320 e. The van der Waals surface area contributed by atoms with Crippen LogP contribution in [0, 0.1) is 5.82 Å². The largest absolute Gasteiger partial charge is 0.480 e. The Bertz CT molecular complexity index is 421. The number of aliphatic carboxylic acids is 1. The summed E-state index contributed by atoms with van der Waals surface area (Å²) in [5.41, 5.74) is 0.604. The summed E-state index contributed by atoms with van der Waals surface area (Å²) in [6.07, 6.45) is 0.657. The average molecular weight is 253 g/mol. The van der Waals surface area contributed by atoms with E-state index in [2.05, 4.69) is 0 Å². The first kappa shape index (κ1) is 13.0. The van der Waals surface area contributed by atoms with Crippen molar-refractivity contribution >= 4 is 5.97 Å². The van der Waals surface area contributed by atoms with Gasteiger partial charge < -0.3 is 10.2 Å². The van der Waals surface area contributed by atoms with Gasteiger partial charge in [-0.3, -0.25) is 9.69 Å². The van der Waals surface area contributed by atoms with Gasteiger partial charge in [0.15, 0.2) is 0 Å². The summed E-state index contributed by atoms with van der Waals surface area (Å²) >= 11 is 0. The normalized spacial score (nSPS) is 22.0. The van der Waals surface area contributed by atoms with Crippen molar-refractivity contribution in [3.8, 4) is 0 Å². The Morgan fingerprint density at radius 1 is 1.44 bits per heavy atom. The van der Waals surface area contributed by atoms with E-state index in [9.17, 15) is 14.3 Å². The molecule has 2 unspecified atom stereocenters. The van der Waals surface area contributed by atoms with E-state index in [-0.39, 0.29) is 12.4 Å². The first-order chi connectivity index (χ1) is 8.58. The third-order valence-electron chi connectivity index (χ3n) is 3.31. The summed E-state index contributed by atoms with van der Waals surface area (Å²) in [6, 6.07) is 5.10. The Labute approximate surface area is 105 Å². The van der Waals surface area contributed by atoms with Gasteiger partial charge in [0.25, 0.3) is 0 Å². The smallest absolute Gasteiger partial charge is 0.320 e. The third-order valence-corrected chi connectivity index (χ3v) is 3.31. The second-order valence-corrected chi connectivity index (χ2v) is 4.56. The molecule has 2 atom stereocenters. The van der Waals surface area contributed by atoms with Gasteiger partial charge in [-0.15, -0.1) is 0 Å². The van der Waals surface area contributed by atoms with Gasteiger partial charge in [-0.25, -0.2) is 4.39 Å². The molecule has 0 radical (unpaired) electrons. The number of halogens is 1. The molecule has 5 heteroatoms. The van der Waals surface area contributed by atoms with E-state index in [4.69, 9.17) is 5.11 Å². The zero-order valence-corrected chi connectivity index (χ0v) is 9.92. The van der Waals surface area contributed by atoms with Crippen molar-refractivity contribution in [2.45, 2.75) is 25.0 Å². The Balaban J connectivity index is 2.00. The Hall–Kier alpha value is -1.46. The number of carboxylic acid groups (broad SMARTS) is 1. The maximum absolute atomic E-state index is 12.8. The molecule has 1 heterocycles. The molecule has 1 fully saturated rings. The summed E-state index contributed by atoms with van der Waals surface area (Å²) in [5, 5.41) is 19.0. The fourth-order valence-electron chi connectivity index (χ4n) is 2.34. The van der Waals surface area contributed by atoms with Crippen LogP contribution in [0.5, 0.6) is 0 Å². The van der Waals surface area contributed by atoms with Crippen LogP contribution in [0.15, 0.2) is 24.3 Å². The van der Waals surface area contributed by atoms with E-state index >= 15 is 0 Å². The summed E-state index contributed by atoms with van der Waals surface area (Å²) in [6.45, 7) is 0.942. The summed E-state index contributed by atoms with van der Waals surface area (Å²) in [7, 11) is 0. The standard InChI is InChI=1S/C13H16FNO3/c14-10-5-3-9(4-6-10)12(16)8-15-7-1-2-11(15)13(17)18/h3-6,11-12,16H,1-2,7-8H2,(H,17,18). The fraction of sp³-hybridized carbons (Fsp3) is 0.462. The molecule has 2 N–H and O–H groups in total. The molecule has 18 heavy (non-hydrogen) atoms. The number of hydrogen-bond donors (Lipinski definition) is 2. The highest BCUT2D eigenvalue weighted by molar-refractivity contribution is 5.73. The summed E-state index contributed by atoms with van der Waals surface area (Å²) in [5.74, 6) is -1.20. The van der Waals surface area contributed by atoms with Crippen molar-refractivity contribution in [1.82, 2.24) is 4.90 Å². The van der Waals surface area contributed by atoms with Crippen molar-refractivity contribution in [3.05, 3.63) is 35.6 Å². The van der Waals surface area contributed by atoms with Gasteiger partial charge in [-0.1, -0.05) is 12.1 Å². The van der Waals surface area contributed by atoms with E-state index in [0.717, 1.165) is 6.42 Å². The zero-order chi connectivity index (χ0) is 13.1. The maximum atomic E-state index is 12.8. The lowest BCUT2D eigenvalue weighted by molar-refractivity contribution is -0.142. The molecule has 1 aliphatic heterocycles. The highest BCUT2D eigenvalue weighted by atomic mass is 19.1. The lowest BCUT2D eigenvalue weighted by Gasteiger charge is -2.24. The molecule has 0 aliphatic carbocycles. The first-order valence-electron chi connectivity index (χ1n) is 5.98. The van der Waals surface area contributed by atoms with Crippen LogP contribution in [0.25, 0.3) is 0 Å². The number of rotatable bonds is 4. The molecule has 1 aromatic rings. The van der Waals surface area contributed by atoms with Crippen LogP contribution in [0.3, 0.4) is 0 Å². The van der Waals surface area contributed by atoms with E-state index in [0.29, 0.717) is 18.5 Å². The van der Waals surface area contributed by atoms with E-state index in [1.54, 1.807) is 4.90 Å². The van der Waals surface area contributed by atoms with Gasteiger partial charge in [0.1, 0.15) is 11.9 Å². The Morgan fingerprint density at radius 3 is 2.72 bits per heavy atom. The predicted molar refractivity (Wildman–Crippen MR) is 63.6 cm³/mol. The van der Waals surface area contributed by atoms with Crippen molar-refractivity contribution in [2.24, 2.45) is 0 Å². The van der Waals surface area contributed by atoms with Crippen LogP contribution in [-0.2, 0) is 4.79 Å². The molecule has 1 aliphatic rings. The summed E-state index contributed by atoms with van der Waals surface area (Å²) in [4.78, 5) is 12.8. The zero-order valence-electron chi connectivity index (χ0n) is 9.92. The van der Waals surface area contributed by atoms with Crippen LogP contribution >= 0.6 is 0 Å². The highest BCUT2D eigenvalue weighted by Gasteiger charge is 2.31. The van der Waals surface area contributed by atoms with Crippen molar-refractivity contribution in [2.75, 3.05) is 13.1 Å². The van der Waals surface area contributed by atoms with Crippen LogP contribution in [0.2, 0.25) is 0 Å². The predicted octanol–water partition coefficient (Wildman–Crippen LogP) is 1.41. The lowest BCUT2D eigenvalue weighted by Crippen LogP contribution is -2.38. The van der Waals surface area contributed by atoms with Crippen LogP contribution in [0.1, 0.15) is 24.5 Å². The number of β-amino-alcohol motifs (C(OH)–C–C–N with tert-alkyl or cyclic N) is 1. The molecule has 1 aromatic carbocycles. The van der Waals surface area contributed by atoms with Crippen LogP contribution in [-0.4, -0.2) is 40.2 Å². The highest BCUT2D eigenvalue weighted by Crippen LogP contribution is 2.22. The van der Waals surface area contributed by atoms with E-state index < -0.39 is 18.1 Å². The minimum atomic E-state index is -0.848. The Kier molecular flexibility index (Phi) is 3.93. The number of nitrogens with zero attached hydrogens (tertiary/aromatic N) is 1. The van der Waals surface area contributed by atoms with Gasteiger partial charge in [-0.2, -0.15) is 0 Å². The molecule has 0 saturated carbocycles. The first-order valence-corrected chi connectivity index (χ1v) is 5.98. The number of aliphatic hydroxyl groups is 1. The number of hydrogen-bond acceptors (Lipinski definition) is 3. The number of aliphatic hydroxyl groups excluding tert-OH is 1. The fourth-order valence-corrected chi connectivity index (χ4v) is 2.34. The molecule has 0 bridgehead atoms. The van der Waals surface area contributed by atoms with Gasteiger partial charge in [-0.05, 0) is 37.1 Å². The van der Waals surface area contributed by atoms with Crippen molar-refractivity contribution in [1.29, 1.82) is 0 Å². The van der Waals surface area contributed by atoms with Gasteiger partial charge in [0, 0.05) is 6.54 Å². The molecule has 0 aromatic heterocycles. The van der Waals surface area contributed by atoms with Crippen molar-refractivity contribution in [3.63, 3.8) is 0 Å². The van der Waals surface area contributed by atoms with E-state index in [1.807, 2.05) is 0 Å². The molecule has 0 amide bonds. The molecular weight excluding hydrogens is 237 g/mol. The second-order valence-electron chi connectivity index (χ2n) is 4.56. The number of benzene rings is 1. The molecule has 2 rings (SSSR count). The van der Waals surface area contributed by atoms with Crippen LogP contribution < -0.4 is 0 Å². The third kappa shape index (κ3) is 2.86. The minimum Gasteiger partial charge on any atom is -0.480 e. The molecular formula is C13H16FNO3. The SMILES string of the molecule is O=C(O)C1CCCN1CC(O)c1ccc(F)cc1. The summed E-state index contributed by atoms with van der Waals surface area (Å²) < 4.78 is 12.8.